The van der Waals surface area contributed by atoms with Crippen molar-refractivity contribution in [1.29, 1.82) is 0 Å². The molecule has 0 fully saturated rings. The molecule has 0 atom stereocenters. The van der Waals surface area contributed by atoms with Crippen LogP contribution in [0, 0.1) is 5.82 Å². The van der Waals surface area contributed by atoms with Crippen molar-refractivity contribution in [2.75, 3.05) is 18.5 Å². The maximum atomic E-state index is 13.3. The van der Waals surface area contributed by atoms with Crippen LogP contribution in [-0.4, -0.2) is 13.2 Å². The number of hydrogen-bond donors (Lipinski definition) is 2. The summed E-state index contributed by atoms with van der Waals surface area (Å²) in [6.45, 7) is 1.53. The highest BCUT2D eigenvalue weighted by Gasteiger charge is 1.99. The van der Waals surface area contributed by atoms with E-state index in [0.717, 1.165) is 11.3 Å². The van der Waals surface area contributed by atoms with Gasteiger partial charge in [-0.1, -0.05) is 24.3 Å². The minimum atomic E-state index is -0.255. The molecule has 0 heterocycles. The molecule has 0 aliphatic rings. The predicted octanol–water partition coefficient (Wildman–Crippen LogP) is 2.78. The van der Waals surface area contributed by atoms with Crippen molar-refractivity contribution in [1.82, 2.24) is 0 Å². The molecule has 3 nitrogen and oxygen atoms in total. The van der Waals surface area contributed by atoms with Crippen molar-refractivity contribution in [3.05, 3.63) is 59.9 Å². The molecular weight excluding hydrogens is 243 g/mol. The second-order valence-electron chi connectivity index (χ2n) is 4.10. The Morgan fingerprint density at radius 3 is 2.47 bits per heavy atom. The van der Waals surface area contributed by atoms with Gasteiger partial charge in [-0.15, -0.1) is 0 Å². The summed E-state index contributed by atoms with van der Waals surface area (Å²) in [4.78, 5) is 0. The van der Waals surface area contributed by atoms with Crippen LogP contribution in [0.5, 0.6) is 5.75 Å². The molecule has 0 saturated heterocycles. The van der Waals surface area contributed by atoms with E-state index < -0.39 is 0 Å². The highest BCUT2D eigenvalue weighted by atomic mass is 19.1. The van der Waals surface area contributed by atoms with Crippen LogP contribution in [0.25, 0.3) is 0 Å². The molecule has 2 aromatic carbocycles. The van der Waals surface area contributed by atoms with Crippen LogP contribution in [0.1, 0.15) is 5.56 Å². The van der Waals surface area contributed by atoms with Gasteiger partial charge in [-0.3, -0.25) is 0 Å². The summed E-state index contributed by atoms with van der Waals surface area (Å²) < 4.78 is 18.8. The van der Waals surface area contributed by atoms with E-state index in [-0.39, 0.29) is 5.82 Å². The molecule has 19 heavy (non-hydrogen) atoms. The molecule has 0 saturated carbocycles. The molecule has 0 unspecified atom stereocenters. The van der Waals surface area contributed by atoms with Gasteiger partial charge in [0.15, 0.2) is 0 Å². The van der Waals surface area contributed by atoms with Crippen LogP contribution < -0.4 is 15.8 Å². The summed E-state index contributed by atoms with van der Waals surface area (Å²) in [5, 5.41) is 2.99. The van der Waals surface area contributed by atoms with E-state index in [9.17, 15) is 4.39 Å². The predicted molar refractivity (Wildman–Crippen MR) is 74.7 cm³/mol. The molecule has 2 aromatic rings. The molecule has 0 bridgehead atoms. The van der Waals surface area contributed by atoms with Crippen molar-refractivity contribution in [2.24, 2.45) is 5.73 Å². The lowest BCUT2D eigenvalue weighted by atomic mass is 10.2. The van der Waals surface area contributed by atoms with Gasteiger partial charge in [-0.05, 0) is 29.8 Å². The van der Waals surface area contributed by atoms with Crippen LogP contribution in [0.3, 0.4) is 0 Å². The molecule has 4 heteroatoms. The molecule has 100 valence electrons. The third-order valence-electron chi connectivity index (χ3n) is 2.72. The largest absolute Gasteiger partial charge is 0.492 e. The van der Waals surface area contributed by atoms with Crippen molar-refractivity contribution in [3.8, 4) is 5.75 Å². The fraction of sp³-hybridized carbons (Fsp3) is 0.200. The number of nitrogens with two attached hydrogens (primary N) is 1. The highest BCUT2D eigenvalue weighted by Crippen LogP contribution is 2.13. The Morgan fingerprint density at radius 1 is 1.05 bits per heavy atom. The Bertz CT molecular complexity index is 514. The number of rotatable bonds is 6. The molecule has 2 rings (SSSR count). The SMILES string of the molecule is NCc1ccc(OCCNc2ccccc2F)cc1. The first kappa shape index (κ1) is 13.4. The molecule has 3 N–H and O–H groups in total. The molecule has 0 aromatic heterocycles. The second-order valence-corrected chi connectivity index (χ2v) is 4.10. The smallest absolute Gasteiger partial charge is 0.146 e. The van der Waals surface area contributed by atoms with Gasteiger partial charge in [-0.2, -0.15) is 0 Å². The van der Waals surface area contributed by atoms with Crippen molar-refractivity contribution >= 4 is 5.69 Å². The first-order valence-electron chi connectivity index (χ1n) is 6.20. The number of halogens is 1. The van der Waals surface area contributed by atoms with Gasteiger partial charge in [0.05, 0.1) is 5.69 Å². The number of nitrogens with one attached hydrogen (secondary N) is 1. The van der Waals surface area contributed by atoms with Gasteiger partial charge >= 0.3 is 0 Å². The van der Waals surface area contributed by atoms with E-state index in [2.05, 4.69) is 5.32 Å². The Balaban J connectivity index is 1.76. The van der Waals surface area contributed by atoms with Crippen molar-refractivity contribution in [2.45, 2.75) is 6.54 Å². The molecule has 0 aliphatic heterocycles. The monoisotopic (exact) mass is 260 g/mol. The van der Waals surface area contributed by atoms with E-state index in [4.69, 9.17) is 10.5 Å². The third-order valence-corrected chi connectivity index (χ3v) is 2.72. The van der Waals surface area contributed by atoms with E-state index in [1.54, 1.807) is 18.2 Å². The Labute approximate surface area is 112 Å². The minimum absolute atomic E-state index is 0.255. The number of para-hydroxylation sites is 1. The van der Waals surface area contributed by atoms with Gasteiger partial charge < -0.3 is 15.8 Å². The van der Waals surface area contributed by atoms with Gasteiger partial charge in [0.25, 0.3) is 0 Å². The van der Waals surface area contributed by atoms with Crippen LogP contribution in [0.2, 0.25) is 0 Å². The summed E-state index contributed by atoms with van der Waals surface area (Å²) in [6.07, 6.45) is 0. The Kier molecular flexibility index (Phi) is 4.75. The quantitative estimate of drug-likeness (QED) is 0.785. The van der Waals surface area contributed by atoms with Gasteiger partial charge in [-0.25, -0.2) is 4.39 Å². The van der Waals surface area contributed by atoms with Gasteiger partial charge in [0.1, 0.15) is 18.2 Å². The zero-order valence-electron chi connectivity index (χ0n) is 10.6. The maximum Gasteiger partial charge on any atom is 0.146 e. The number of ether oxygens (including phenoxy) is 1. The highest BCUT2D eigenvalue weighted by molar-refractivity contribution is 5.44. The second kappa shape index (κ2) is 6.75. The lowest BCUT2D eigenvalue weighted by molar-refractivity contribution is 0.332. The van der Waals surface area contributed by atoms with Crippen molar-refractivity contribution < 1.29 is 9.13 Å². The summed E-state index contributed by atoms with van der Waals surface area (Å²) in [6, 6.07) is 14.2. The zero-order chi connectivity index (χ0) is 13.5. The lowest BCUT2D eigenvalue weighted by Gasteiger charge is -2.09. The molecular formula is C15H17FN2O. The van der Waals surface area contributed by atoms with Gasteiger partial charge in [0, 0.05) is 13.1 Å². The Morgan fingerprint density at radius 2 is 1.79 bits per heavy atom. The van der Waals surface area contributed by atoms with Crippen LogP contribution >= 0.6 is 0 Å². The van der Waals surface area contributed by atoms with Crippen LogP contribution in [0.4, 0.5) is 10.1 Å². The average molecular weight is 260 g/mol. The van der Waals surface area contributed by atoms with Crippen LogP contribution in [-0.2, 0) is 6.54 Å². The standard InChI is InChI=1S/C15H17FN2O/c16-14-3-1-2-4-15(14)18-9-10-19-13-7-5-12(11-17)6-8-13/h1-8,18H,9-11,17H2. The molecule has 0 amide bonds. The number of anilines is 1. The summed E-state index contributed by atoms with van der Waals surface area (Å²) in [7, 11) is 0. The van der Waals surface area contributed by atoms with Gasteiger partial charge in [0.2, 0.25) is 0 Å². The topological polar surface area (TPSA) is 47.3 Å². The minimum Gasteiger partial charge on any atom is -0.492 e. The van der Waals surface area contributed by atoms with E-state index in [1.807, 2.05) is 24.3 Å². The summed E-state index contributed by atoms with van der Waals surface area (Å²) in [5.74, 6) is 0.530. The fourth-order valence-electron chi connectivity index (χ4n) is 1.68. The van der Waals surface area contributed by atoms with E-state index in [0.29, 0.717) is 25.4 Å². The third kappa shape index (κ3) is 3.96. The normalized spacial score (nSPS) is 10.2. The molecule has 0 aliphatic carbocycles. The number of hydrogen-bond acceptors (Lipinski definition) is 3. The first-order chi connectivity index (χ1) is 9.29. The molecule has 0 spiro atoms. The van der Waals surface area contributed by atoms with Crippen LogP contribution in [0.15, 0.2) is 48.5 Å². The lowest BCUT2D eigenvalue weighted by Crippen LogP contribution is -2.12. The fourth-order valence-corrected chi connectivity index (χ4v) is 1.68. The number of benzene rings is 2. The van der Waals surface area contributed by atoms with Crippen molar-refractivity contribution in [3.63, 3.8) is 0 Å². The average Bonchev–Trinajstić information content (AvgIpc) is 2.46. The maximum absolute atomic E-state index is 13.3. The Hall–Kier alpha value is -2.07. The summed E-state index contributed by atoms with van der Waals surface area (Å²) in [5.41, 5.74) is 7.07. The first-order valence-corrected chi connectivity index (χ1v) is 6.20. The zero-order valence-corrected chi connectivity index (χ0v) is 10.6. The molecule has 0 radical (unpaired) electrons. The van der Waals surface area contributed by atoms with E-state index in [1.165, 1.54) is 6.07 Å². The van der Waals surface area contributed by atoms with E-state index >= 15 is 0 Å². The summed E-state index contributed by atoms with van der Waals surface area (Å²) >= 11 is 0.